The van der Waals surface area contributed by atoms with Gasteiger partial charge in [-0.25, -0.2) is 0 Å². The number of hydrogen-bond acceptors (Lipinski definition) is 3. The van der Waals surface area contributed by atoms with Crippen molar-refractivity contribution in [3.63, 3.8) is 0 Å². The minimum absolute atomic E-state index is 0.0147. The van der Waals surface area contributed by atoms with Crippen molar-refractivity contribution in [1.29, 1.82) is 0 Å². The summed E-state index contributed by atoms with van der Waals surface area (Å²) in [6, 6.07) is 4.34. The van der Waals surface area contributed by atoms with Crippen LogP contribution in [0.3, 0.4) is 0 Å². The van der Waals surface area contributed by atoms with Crippen LogP contribution in [0.1, 0.15) is 29.6 Å². The lowest BCUT2D eigenvalue weighted by Gasteiger charge is -2.19. The molecule has 1 amide bonds. The lowest BCUT2D eigenvalue weighted by molar-refractivity contribution is 0.0722. The highest BCUT2D eigenvalue weighted by atomic mass is 35.5. The smallest absolute Gasteiger partial charge is 0.253 e. The summed E-state index contributed by atoms with van der Waals surface area (Å²) in [7, 11) is 1.65. The van der Waals surface area contributed by atoms with Crippen molar-refractivity contribution in [2.45, 2.75) is 31.4 Å². The number of carbonyl (C=O) groups excluding carboxylic acids is 1. The molecule has 5 heteroatoms. The van der Waals surface area contributed by atoms with Crippen LogP contribution in [0.15, 0.2) is 18.2 Å². The molecule has 2 rings (SSSR count). The summed E-state index contributed by atoms with van der Waals surface area (Å²) in [5, 5.41) is 12.6. The molecule has 1 aromatic carbocycles. The highest BCUT2D eigenvalue weighted by Crippen LogP contribution is 2.24. The predicted molar refractivity (Wildman–Crippen MR) is 69.0 cm³/mol. The van der Waals surface area contributed by atoms with Gasteiger partial charge in [0.2, 0.25) is 0 Å². The molecule has 1 fully saturated rings. The van der Waals surface area contributed by atoms with Crippen molar-refractivity contribution in [3.05, 3.63) is 28.8 Å². The number of aromatic hydroxyl groups is 1. The SMILES string of the molecule is COC1CCCC1NC(=O)c1cc(O)ccc1Cl. The number of benzene rings is 1. The van der Waals surface area contributed by atoms with Gasteiger partial charge in [0.1, 0.15) is 5.75 Å². The zero-order chi connectivity index (χ0) is 13.1. The van der Waals surface area contributed by atoms with Gasteiger partial charge in [-0.2, -0.15) is 0 Å². The number of hydrogen-bond donors (Lipinski definition) is 2. The molecular weight excluding hydrogens is 254 g/mol. The molecule has 18 heavy (non-hydrogen) atoms. The fraction of sp³-hybridized carbons (Fsp3) is 0.462. The molecule has 0 bridgehead atoms. The largest absolute Gasteiger partial charge is 0.508 e. The van der Waals surface area contributed by atoms with Crippen molar-refractivity contribution in [2.24, 2.45) is 0 Å². The standard InChI is InChI=1S/C13H16ClNO3/c1-18-12-4-2-3-11(12)15-13(17)9-7-8(16)5-6-10(9)14/h5-7,11-12,16H,2-4H2,1H3,(H,15,17). The van der Waals surface area contributed by atoms with E-state index < -0.39 is 0 Å². The van der Waals surface area contributed by atoms with Crippen LogP contribution in [0.4, 0.5) is 0 Å². The monoisotopic (exact) mass is 269 g/mol. The van der Waals surface area contributed by atoms with Gasteiger partial charge in [-0.3, -0.25) is 4.79 Å². The molecule has 0 aliphatic heterocycles. The summed E-state index contributed by atoms with van der Waals surface area (Å²) in [5.74, 6) is -0.246. The highest BCUT2D eigenvalue weighted by molar-refractivity contribution is 6.33. The lowest BCUT2D eigenvalue weighted by Crippen LogP contribution is -2.40. The van der Waals surface area contributed by atoms with Gasteiger partial charge in [0, 0.05) is 7.11 Å². The molecule has 1 aliphatic carbocycles. The average Bonchev–Trinajstić information content (AvgIpc) is 2.79. The maximum Gasteiger partial charge on any atom is 0.253 e. The zero-order valence-corrected chi connectivity index (χ0v) is 10.9. The molecule has 0 radical (unpaired) electrons. The van der Waals surface area contributed by atoms with Crippen LogP contribution in [0, 0.1) is 0 Å². The number of ether oxygens (including phenoxy) is 1. The topological polar surface area (TPSA) is 58.6 Å². The first-order valence-electron chi connectivity index (χ1n) is 5.94. The fourth-order valence-electron chi connectivity index (χ4n) is 2.31. The molecule has 2 unspecified atom stereocenters. The van der Waals surface area contributed by atoms with Gasteiger partial charge in [-0.1, -0.05) is 11.6 Å². The van der Waals surface area contributed by atoms with Crippen LogP contribution in [-0.2, 0) is 4.74 Å². The number of nitrogens with one attached hydrogen (secondary N) is 1. The minimum Gasteiger partial charge on any atom is -0.508 e. The van der Waals surface area contributed by atoms with Crippen LogP contribution >= 0.6 is 11.6 Å². The van der Waals surface area contributed by atoms with Gasteiger partial charge >= 0.3 is 0 Å². The summed E-state index contributed by atoms with van der Waals surface area (Å²) >= 11 is 5.94. The number of methoxy groups -OCH3 is 1. The van der Waals surface area contributed by atoms with E-state index in [-0.39, 0.29) is 23.8 Å². The van der Waals surface area contributed by atoms with Gasteiger partial charge in [0.15, 0.2) is 0 Å². The summed E-state index contributed by atoms with van der Waals surface area (Å²) in [6.45, 7) is 0. The Kier molecular flexibility index (Phi) is 4.09. The van der Waals surface area contributed by atoms with Crippen molar-refractivity contribution in [1.82, 2.24) is 5.32 Å². The van der Waals surface area contributed by atoms with Crippen LogP contribution < -0.4 is 5.32 Å². The van der Waals surface area contributed by atoms with Gasteiger partial charge < -0.3 is 15.2 Å². The van der Waals surface area contributed by atoms with E-state index in [4.69, 9.17) is 16.3 Å². The fourth-order valence-corrected chi connectivity index (χ4v) is 2.51. The van der Waals surface area contributed by atoms with E-state index in [9.17, 15) is 9.90 Å². The van der Waals surface area contributed by atoms with Crippen LogP contribution in [0.2, 0.25) is 5.02 Å². The van der Waals surface area contributed by atoms with E-state index >= 15 is 0 Å². The van der Waals surface area contributed by atoms with E-state index in [0.717, 1.165) is 19.3 Å². The second-order valence-electron chi connectivity index (χ2n) is 4.45. The molecule has 0 saturated heterocycles. The van der Waals surface area contributed by atoms with Crippen molar-refractivity contribution >= 4 is 17.5 Å². The average molecular weight is 270 g/mol. The summed E-state index contributed by atoms with van der Waals surface area (Å²) in [5.41, 5.74) is 0.290. The van der Waals surface area contributed by atoms with Crippen molar-refractivity contribution < 1.29 is 14.6 Å². The van der Waals surface area contributed by atoms with Crippen LogP contribution in [0.25, 0.3) is 0 Å². The summed E-state index contributed by atoms with van der Waals surface area (Å²) in [4.78, 5) is 12.1. The molecule has 98 valence electrons. The Bertz CT molecular complexity index is 450. The Balaban J connectivity index is 2.09. The number of amides is 1. The Morgan fingerprint density at radius 3 is 3.00 bits per heavy atom. The third-order valence-electron chi connectivity index (χ3n) is 3.27. The van der Waals surface area contributed by atoms with E-state index in [1.165, 1.54) is 18.2 Å². The first-order chi connectivity index (χ1) is 8.61. The van der Waals surface area contributed by atoms with E-state index in [0.29, 0.717) is 10.6 Å². The van der Waals surface area contributed by atoms with Gasteiger partial charge in [-0.15, -0.1) is 0 Å². The predicted octanol–water partition coefficient (Wildman–Crippen LogP) is 2.34. The third-order valence-corrected chi connectivity index (χ3v) is 3.60. The van der Waals surface area contributed by atoms with Crippen LogP contribution in [-0.4, -0.2) is 30.3 Å². The lowest BCUT2D eigenvalue weighted by atomic mass is 10.1. The quantitative estimate of drug-likeness (QED) is 0.886. The van der Waals surface area contributed by atoms with E-state index in [2.05, 4.69) is 5.32 Å². The molecular formula is C13H16ClNO3. The minimum atomic E-state index is -0.273. The Labute approximate surface area is 111 Å². The summed E-state index contributed by atoms with van der Waals surface area (Å²) in [6.07, 6.45) is 2.96. The molecule has 2 atom stereocenters. The number of rotatable bonds is 3. The molecule has 0 spiro atoms. The van der Waals surface area contributed by atoms with Crippen LogP contribution in [0.5, 0.6) is 5.75 Å². The zero-order valence-electron chi connectivity index (χ0n) is 10.1. The number of carbonyl (C=O) groups is 1. The second kappa shape index (κ2) is 5.59. The second-order valence-corrected chi connectivity index (χ2v) is 4.86. The maximum atomic E-state index is 12.1. The number of phenolic OH excluding ortho intramolecular Hbond substituents is 1. The molecule has 4 nitrogen and oxygen atoms in total. The molecule has 1 saturated carbocycles. The number of halogens is 1. The molecule has 0 heterocycles. The Hall–Kier alpha value is -1.26. The van der Waals surface area contributed by atoms with Gasteiger partial charge in [0.05, 0.1) is 22.7 Å². The molecule has 2 N–H and O–H groups in total. The molecule has 1 aliphatic rings. The van der Waals surface area contributed by atoms with E-state index in [1.54, 1.807) is 7.11 Å². The van der Waals surface area contributed by atoms with Crippen molar-refractivity contribution in [2.75, 3.05) is 7.11 Å². The summed E-state index contributed by atoms with van der Waals surface area (Å²) < 4.78 is 5.32. The molecule has 0 aromatic heterocycles. The van der Waals surface area contributed by atoms with E-state index in [1.807, 2.05) is 0 Å². The third kappa shape index (κ3) is 2.76. The number of phenols is 1. The van der Waals surface area contributed by atoms with Gasteiger partial charge in [-0.05, 0) is 37.5 Å². The normalized spacial score (nSPS) is 23.0. The highest BCUT2D eigenvalue weighted by Gasteiger charge is 2.29. The first-order valence-corrected chi connectivity index (χ1v) is 6.32. The molecule has 1 aromatic rings. The Morgan fingerprint density at radius 1 is 1.50 bits per heavy atom. The van der Waals surface area contributed by atoms with Gasteiger partial charge in [0.25, 0.3) is 5.91 Å². The van der Waals surface area contributed by atoms with Crippen molar-refractivity contribution in [3.8, 4) is 5.75 Å². The Morgan fingerprint density at radius 2 is 2.28 bits per heavy atom. The maximum absolute atomic E-state index is 12.1. The first kappa shape index (κ1) is 13.2.